The molecule has 0 saturated carbocycles. The SMILES string of the molecule is COc1ccccc1CN(C)C(=O)CCNS(=O)(=O)c1ccccc1. The summed E-state index contributed by atoms with van der Waals surface area (Å²) < 4.78 is 31.9. The van der Waals surface area contributed by atoms with Crippen molar-refractivity contribution in [3.05, 3.63) is 60.2 Å². The molecule has 0 spiro atoms. The maximum absolute atomic E-state index is 12.2. The average Bonchev–Trinajstić information content (AvgIpc) is 2.62. The van der Waals surface area contributed by atoms with Crippen molar-refractivity contribution < 1.29 is 17.9 Å². The molecule has 0 bridgehead atoms. The third-order valence-electron chi connectivity index (χ3n) is 3.71. The number of para-hydroxylation sites is 1. The van der Waals surface area contributed by atoms with E-state index in [1.54, 1.807) is 37.3 Å². The van der Waals surface area contributed by atoms with Crippen molar-refractivity contribution in [2.45, 2.75) is 17.9 Å². The van der Waals surface area contributed by atoms with Gasteiger partial charge in [0.25, 0.3) is 0 Å². The van der Waals surface area contributed by atoms with Gasteiger partial charge in [0.2, 0.25) is 15.9 Å². The van der Waals surface area contributed by atoms with Crippen LogP contribution in [0.15, 0.2) is 59.5 Å². The lowest BCUT2D eigenvalue weighted by Crippen LogP contribution is -2.32. The lowest BCUT2D eigenvalue weighted by Gasteiger charge is -2.19. The second kappa shape index (κ2) is 8.64. The molecule has 0 heterocycles. The van der Waals surface area contributed by atoms with Gasteiger partial charge in [0, 0.05) is 32.1 Å². The zero-order chi connectivity index (χ0) is 18.3. The monoisotopic (exact) mass is 362 g/mol. The van der Waals surface area contributed by atoms with Gasteiger partial charge in [-0.1, -0.05) is 36.4 Å². The van der Waals surface area contributed by atoms with E-state index in [2.05, 4.69) is 4.72 Å². The van der Waals surface area contributed by atoms with Gasteiger partial charge in [0.15, 0.2) is 0 Å². The van der Waals surface area contributed by atoms with E-state index in [9.17, 15) is 13.2 Å². The highest BCUT2D eigenvalue weighted by molar-refractivity contribution is 7.89. The first-order valence-electron chi connectivity index (χ1n) is 7.84. The largest absolute Gasteiger partial charge is 0.496 e. The molecule has 0 aliphatic rings. The molecular weight excluding hydrogens is 340 g/mol. The summed E-state index contributed by atoms with van der Waals surface area (Å²) >= 11 is 0. The van der Waals surface area contributed by atoms with Crippen LogP contribution in [-0.2, 0) is 21.4 Å². The summed E-state index contributed by atoms with van der Waals surface area (Å²) in [6.45, 7) is 0.445. The van der Waals surface area contributed by atoms with Crippen LogP contribution in [0, 0.1) is 0 Å². The van der Waals surface area contributed by atoms with Crippen LogP contribution in [0.4, 0.5) is 0 Å². The lowest BCUT2D eigenvalue weighted by atomic mass is 10.2. The van der Waals surface area contributed by atoms with Crippen LogP contribution in [0.1, 0.15) is 12.0 Å². The van der Waals surface area contributed by atoms with Crippen LogP contribution < -0.4 is 9.46 Å². The maximum atomic E-state index is 12.2. The van der Waals surface area contributed by atoms with Gasteiger partial charge in [0.1, 0.15) is 5.75 Å². The molecule has 0 aliphatic heterocycles. The van der Waals surface area contributed by atoms with E-state index in [0.29, 0.717) is 12.3 Å². The normalized spacial score (nSPS) is 11.1. The Kier molecular flexibility index (Phi) is 6.55. The van der Waals surface area contributed by atoms with Crippen molar-refractivity contribution in [3.63, 3.8) is 0 Å². The maximum Gasteiger partial charge on any atom is 0.240 e. The fraction of sp³-hybridized carbons (Fsp3) is 0.278. The van der Waals surface area contributed by atoms with Crippen LogP contribution in [0.25, 0.3) is 0 Å². The predicted octanol–water partition coefficient (Wildman–Crippen LogP) is 2.02. The van der Waals surface area contributed by atoms with Gasteiger partial charge in [-0.05, 0) is 18.2 Å². The molecule has 6 nitrogen and oxygen atoms in total. The number of ether oxygens (including phenoxy) is 1. The minimum Gasteiger partial charge on any atom is -0.496 e. The highest BCUT2D eigenvalue weighted by atomic mass is 32.2. The van der Waals surface area contributed by atoms with Crippen LogP contribution >= 0.6 is 0 Å². The third kappa shape index (κ3) is 5.30. The Bertz CT molecular complexity index is 807. The predicted molar refractivity (Wildman–Crippen MR) is 95.7 cm³/mol. The molecule has 1 N–H and O–H groups in total. The molecule has 2 aromatic rings. The van der Waals surface area contributed by atoms with E-state index in [-0.39, 0.29) is 23.8 Å². The summed E-state index contributed by atoms with van der Waals surface area (Å²) in [4.78, 5) is 14.0. The molecule has 0 atom stereocenters. The Balaban J connectivity index is 1.87. The van der Waals surface area contributed by atoms with Gasteiger partial charge in [-0.15, -0.1) is 0 Å². The summed E-state index contributed by atoms with van der Waals surface area (Å²) in [6, 6.07) is 15.5. The van der Waals surface area contributed by atoms with Crippen molar-refractivity contribution in [1.82, 2.24) is 9.62 Å². The molecule has 2 rings (SSSR count). The molecule has 0 radical (unpaired) electrons. The Morgan fingerprint density at radius 1 is 1.08 bits per heavy atom. The number of carbonyl (C=O) groups excluding carboxylic acids is 1. The first kappa shape index (κ1) is 19.0. The highest BCUT2D eigenvalue weighted by Crippen LogP contribution is 2.18. The van der Waals surface area contributed by atoms with Crippen molar-refractivity contribution in [1.29, 1.82) is 0 Å². The number of hydrogen-bond donors (Lipinski definition) is 1. The van der Waals surface area contributed by atoms with Crippen molar-refractivity contribution in [2.24, 2.45) is 0 Å². The number of benzene rings is 2. The first-order valence-corrected chi connectivity index (χ1v) is 9.33. The van der Waals surface area contributed by atoms with Gasteiger partial charge < -0.3 is 9.64 Å². The second-order valence-electron chi connectivity index (χ2n) is 5.52. The van der Waals surface area contributed by atoms with Gasteiger partial charge in [-0.3, -0.25) is 4.79 Å². The fourth-order valence-corrected chi connectivity index (χ4v) is 3.40. The fourth-order valence-electron chi connectivity index (χ4n) is 2.34. The number of methoxy groups -OCH3 is 1. The van der Waals surface area contributed by atoms with E-state index < -0.39 is 10.0 Å². The van der Waals surface area contributed by atoms with E-state index in [4.69, 9.17) is 4.74 Å². The molecule has 2 aromatic carbocycles. The van der Waals surface area contributed by atoms with Crippen molar-refractivity contribution in [2.75, 3.05) is 20.7 Å². The van der Waals surface area contributed by atoms with Crippen molar-refractivity contribution in [3.8, 4) is 5.75 Å². The standard InChI is InChI=1S/C18H22N2O4S/c1-20(14-15-8-6-7-11-17(15)24-2)18(21)12-13-19-25(22,23)16-9-4-3-5-10-16/h3-11,19H,12-14H2,1-2H3. The summed E-state index contributed by atoms with van der Waals surface area (Å²) in [7, 11) is -0.329. The summed E-state index contributed by atoms with van der Waals surface area (Å²) in [5.74, 6) is 0.564. The van der Waals surface area contributed by atoms with Gasteiger partial charge in [-0.25, -0.2) is 13.1 Å². The summed E-state index contributed by atoms with van der Waals surface area (Å²) in [5, 5.41) is 0. The number of sulfonamides is 1. The van der Waals surface area contributed by atoms with E-state index in [1.807, 2.05) is 24.3 Å². The Hall–Kier alpha value is -2.38. The highest BCUT2D eigenvalue weighted by Gasteiger charge is 2.15. The molecule has 0 saturated heterocycles. The minimum absolute atomic E-state index is 0.0479. The number of rotatable bonds is 8. The Labute approximate surface area is 148 Å². The lowest BCUT2D eigenvalue weighted by molar-refractivity contribution is -0.130. The third-order valence-corrected chi connectivity index (χ3v) is 5.19. The van der Waals surface area contributed by atoms with Gasteiger partial charge in [-0.2, -0.15) is 0 Å². The molecule has 134 valence electrons. The molecule has 1 amide bonds. The van der Waals surface area contributed by atoms with Gasteiger partial charge >= 0.3 is 0 Å². The molecule has 7 heteroatoms. The van der Waals surface area contributed by atoms with Crippen LogP contribution in [0.5, 0.6) is 5.75 Å². The summed E-state index contributed by atoms with van der Waals surface area (Å²) in [6.07, 6.45) is 0.0811. The number of amides is 1. The quantitative estimate of drug-likeness (QED) is 0.780. The molecule has 25 heavy (non-hydrogen) atoms. The summed E-state index contributed by atoms with van der Waals surface area (Å²) in [5.41, 5.74) is 0.894. The van der Waals surface area contributed by atoms with E-state index in [0.717, 1.165) is 5.56 Å². The number of nitrogens with zero attached hydrogens (tertiary/aromatic N) is 1. The number of hydrogen-bond acceptors (Lipinski definition) is 4. The molecule has 0 aromatic heterocycles. The smallest absolute Gasteiger partial charge is 0.240 e. The second-order valence-corrected chi connectivity index (χ2v) is 7.29. The molecule has 0 aliphatic carbocycles. The molecular formula is C18H22N2O4S. The average molecular weight is 362 g/mol. The van der Waals surface area contributed by atoms with Crippen molar-refractivity contribution >= 4 is 15.9 Å². The molecule has 0 unspecified atom stereocenters. The Morgan fingerprint density at radius 3 is 2.40 bits per heavy atom. The van der Waals surface area contributed by atoms with E-state index >= 15 is 0 Å². The van der Waals surface area contributed by atoms with Crippen LogP contribution in [0.3, 0.4) is 0 Å². The Morgan fingerprint density at radius 2 is 1.72 bits per heavy atom. The molecule has 0 fully saturated rings. The number of nitrogens with one attached hydrogen (secondary N) is 1. The van der Waals surface area contributed by atoms with Gasteiger partial charge in [0.05, 0.1) is 12.0 Å². The van der Waals surface area contributed by atoms with Crippen LogP contribution in [-0.4, -0.2) is 39.9 Å². The first-order chi connectivity index (χ1) is 11.9. The number of carbonyl (C=O) groups is 1. The topological polar surface area (TPSA) is 75.7 Å². The van der Waals surface area contributed by atoms with E-state index in [1.165, 1.54) is 12.1 Å². The zero-order valence-electron chi connectivity index (χ0n) is 14.3. The van der Waals surface area contributed by atoms with Crippen LogP contribution in [0.2, 0.25) is 0 Å². The zero-order valence-corrected chi connectivity index (χ0v) is 15.1. The minimum atomic E-state index is -3.59.